The van der Waals surface area contributed by atoms with Gasteiger partial charge >= 0.3 is 0 Å². The Kier molecular flexibility index (Phi) is 5.43. The molecule has 1 fully saturated rings. The van der Waals surface area contributed by atoms with Gasteiger partial charge in [0.05, 0.1) is 5.69 Å². The number of nitrogens with zero attached hydrogens (tertiary/aromatic N) is 3. The number of aryl methyl sites for hydroxylation is 2. The highest BCUT2D eigenvalue weighted by Gasteiger charge is 2.19. The third-order valence-electron chi connectivity index (χ3n) is 4.41. The first kappa shape index (κ1) is 16.9. The van der Waals surface area contributed by atoms with Crippen molar-refractivity contribution >= 4 is 23.0 Å². The van der Waals surface area contributed by atoms with Gasteiger partial charge in [0, 0.05) is 44.6 Å². The molecule has 0 aliphatic carbocycles. The van der Waals surface area contributed by atoms with Gasteiger partial charge in [0.2, 0.25) is 0 Å². The van der Waals surface area contributed by atoms with E-state index in [0.29, 0.717) is 0 Å². The first-order chi connectivity index (χ1) is 11.6. The number of rotatable bonds is 3. The number of anilines is 1. The molecule has 1 saturated heterocycles. The van der Waals surface area contributed by atoms with Crippen molar-refractivity contribution in [2.24, 2.45) is 0 Å². The maximum atomic E-state index is 5.61. The topological polar surface area (TPSA) is 31.4 Å². The van der Waals surface area contributed by atoms with E-state index in [1.807, 2.05) is 18.3 Å². The minimum Gasteiger partial charge on any atom is -0.346 e. The van der Waals surface area contributed by atoms with E-state index in [9.17, 15) is 0 Å². The summed E-state index contributed by atoms with van der Waals surface area (Å²) in [5, 5.41) is 4.23. The Morgan fingerprint density at radius 2 is 1.92 bits per heavy atom. The standard InChI is InChI=1S/C19H24N4S/c1-15-6-7-16(2)18(13-15)21-19(24)23-11-9-22(10-12-23)14-17-5-3-4-8-20-17/h3-8,13H,9-12,14H2,1-2H3,(H,21,24). The summed E-state index contributed by atoms with van der Waals surface area (Å²) < 4.78 is 0. The van der Waals surface area contributed by atoms with Gasteiger partial charge in [0.25, 0.3) is 0 Å². The quantitative estimate of drug-likeness (QED) is 0.867. The molecule has 0 atom stereocenters. The summed E-state index contributed by atoms with van der Waals surface area (Å²) in [7, 11) is 0. The van der Waals surface area contributed by atoms with Gasteiger partial charge in [-0.2, -0.15) is 0 Å². The molecule has 2 heterocycles. The first-order valence-corrected chi connectivity index (χ1v) is 8.78. The highest BCUT2D eigenvalue weighted by atomic mass is 32.1. The molecule has 24 heavy (non-hydrogen) atoms. The van der Waals surface area contributed by atoms with Crippen LogP contribution >= 0.6 is 12.2 Å². The molecule has 3 rings (SSSR count). The Bertz CT molecular complexity index is 694. The van der Waals surface area contributed by atoms with Gasteiger partial charge in [0.15, 0.2) is 5.11 Å². The second kappa shape index (κ2) is 7.73. The average Bonchev–Trinajstić information content (AvgIpc) is 2.60. The molecule has 2 aromatic rings. The monoisotopic (exact) mass is 340 g/mol. The number of aromatic nitrogens is 1. The van der Waals surface area contributed by atoms with E-state index in [1.165, 1.54) is 11.1 Å². The van der Waals surface area contributed by atoms with Crippen molar-refractivity contribution in [2.75, 3.05) is 31.5 Å². The van der Waals surface area contributed by atoms with Crippen LogP contribution in [-0.2, 0) is 6.54 Å². The Hall–Kier alpha value is -1.98. The number of nitrogens with one attached hydrogen (secondary N) is 1. The fraction of sp³-hybridized carbons (Fsp3) is 0.368. The maximum Gasteiger partial charge on any atom is 0.173 e. The third kappa shape index (κ3) is 4.30. The molecule has 1 N–H and O–H groups in total. The lowest BCUT2D eigenvalue weighted by molar-refractivity contribution is 0.175. The number of hydrogen-bond acceptors (Lipinski definition) is 3. The molecule has 1 aromatic heterocycles. The zero-order chi connectivity index (χ0) is 16.9. The Morgan fingerprint density at radius 3 is 2.62 bits per heavy atom. The van der Waals surface area contributed by atoms with E-state index in [4.69, 9.17) is 12.2 Å². The second-order valence-corrected chi connectivity index (χ2v) is 6.72. The van der Waals surface area contributed by atoms with E-state index in [-0.39, 0.29) is 0 Å². The molecule has 0 radical (unpaired) electrons. The predicted molar refractivity (Wildman–Crippen MR) is 103 cm³/mol. The van der Waals surface area contributed by atoms with Gasteiger partial charge in [-0.1, -0.05) is 18.2 Å². The van der Waals surface area contributed by atoms with E-state index < -0.39 is 0 Å². The summed E-state index contributed by atoms with van der Waals surface area (Å²) in [4.78, 5) is 9.09. The zero-order valence-corrected chi connectivity index (χ0v) is 15.1. The number of piperazine rings is 1. The largest absolute Gasteiger partial charge is 0.346 e. The van der Waals surface area contributed by atoms with Crippen LogP contribution in [0.3, 0.4) is 0 Å². The summed E-state index contributed by atoms with van der Waals surface area (Å²) in [6, 6.07) is 12.5. The van der Waals surface area contributed by atoms with Crippen molar-refractivity contribution in [3.8, 4) is 0 Å². The van der Waals surface area contributed by atoms with E-state index in [1.54, 1.807) is 0 Å². The van der Waals surface area contributed by atoms with Crippen LogP contribution < -0.4 is 5.32 Å². The van der Waals surface area contributed by atoms with Crippen LogP contribution in [0.2, 0.25) is 0 Å². The minimum absolute atomic E-state index is 0.821. The molecule has 126 valence electrons. The summed E-state index contributed by atoms with van der Waals surface area (Å²) in [6.45, 7) is 9.02. The molecule has 1 aliphatic heterocycles. The van der Waals surface area contributed by atoms with Crippen molar-refractivity contribution in [3.05, 3.63) is 59.4 Å². The van der Waals surface area contributed by atoms with Crippen molar-refractivity contribution in [1.29, 1.82) is 0 Å². The second-order valence-electron chi connectivity index (χ2n) is 6.33. The fourth-order valence-electron chi connectivity index (χ4n) is 2.89. The van der Waals surface area contributed by atoms with E-state index in [2.05, 4.69) is 58.2 Å². The van der Waals surface area contributed by atoms with E-state index in [0.717, 1.165) is 49.2 Å². The molecule has 5 heteroatoms. The maximum absolute atomic E-state index is 5.61. The number of thiocarbonyl (C=S) groups is 1. The van der Waals surface area contributed by atoms with Crippen molar-refractivity contribution in [1.82, 2.24) is 14.8 Å². The molecule has 0 amide bonds. The van der Waals surface area contributed by atoms with Crippen LogP contribution in [0.25, 0.3) is 0 Å². The lowest BCUT2D eigenvalue weighted by Gasteiger charge is -2.36. The lowest BCUT2D eigenvalue weighted by Crippen LogP contribution is -2.49. The van der Waals surface area contributed by atoms with Gasteiger partial charge < -0.3 is 10.2 Å². The van der Waals surface area contributed by atoms with Gasteiger partial charge in [-0.25, -0.2) is 0 Å². The van der Waals surface area contributed by atoms with Gasteiger partial charge in [0.1, 0.15) is 0 Å². The van der Waals surface area contributed by atoms with Crippen LogP contribution in [0.5, 0.6) is 0 Å². The van der Waals surface area contributed by atoms with Crippen LogP contribution in [0, 0.1) is 13.8 Å². The summed E-state index contributed by atoms with van der Waals surface area (Å²) in [5.74, 6) is 0. The lowest BCUT2D eigenvalue weighted by atomic mass is 10.1. The molecule has 1 aromatic carbocycles. The van der Waals surface area contributed by atoms with Crippen LogP contribution in [0.15, 0.2) is 42.6 Å². The van der Waals surface area contributed by atoms with Crippen LogP contribution in [0.4, 0.5) is 5.69 Å². The van der Waals surface area contributed by atoms with Crippen molar-refractivity contribution in [2.45, 2.75) is 20.4 Å². The minimum atomic E-state index is 0.821. The molecule has 0 spiro atoms. The molecule has 0 unspecified atom stereocenters. The van der Waals surface area contributed by atoms with Crippen LogP contribution in [0.1, 0.15) is 16.8 Å². The molecule has 0 saturated carbocycles. The highest BCUT2D eigenvalue weighted by molar-refractivity contribution is 7.80. The number of pyridine rings is 1. The Morgan fingerprint density at radius 1 is 1.12 bits per heavy atom. The fourth-order valence-corrected chi connectivity index (χ4v) is 3.19. The van der Waals surface area contributed by atoms with Gasteiger partial charge in [-0.3, -0.25) is 9.88 Å². The molecule has 1 aliphatic rings. The predicted octanol–water partition coefficient (Wildman–Crippen LogP) is 3.21. The summed E-state index contributed by atoms with van der Waals surface area (Å²) >= 11 is 5.61. The highest BCUT2D eigenvalue weighted by Crippen LogP contribution is 2.17. The molecule has 4 nitrogen and oxygen atoms in total. The summed E-state index contributed by atoms with van der Waals surface area (Å²) in [5.41, 5.74) is 4.70. The molecular formula is C19H24N4S. The van der Waals surface area contributed by atoms with E-state index >= 15 is 0 Å². The normalized spacial score (nSPS) is 15.3. The van der Waals surface area contributed by atoms with Crippen molar-refractivity contribution in [3.63, 3.8) is 0 Å². The Labute approximate surface area is 149 Å². The van der Waals surface area contributed by atoms with Gasteiger partial charge in [-0.15, -0.1) is 0 Å². The zero-order valence-electron chi connectivity index (χ0n) is 14.3. The van der Waals surface area contributed by atoms with Gasteiger partial charge in [-0.05, 0) is 55.4 Å². The first-order valence-electron chi connectivity index (χ1n) is 8.37. The Balaban J connectivity index is 1.52. The third-order valence-corrected chi connectivity index (χ3v) is 4.77. The summed E-state index contributed by atoms with van der Waals surface area (Å²) in [6.07, 6.45) is 1.86. The number of hydrogen-bond donors (Lipinski definition) is 1. The average molecular weight is 340 g/mol. The SMILES string of the molecule is Cc1ccc(C)c(NC(=S)N2CCN(Cc3ccccn3)CC2)c1. The smallest absolute Gasteiger partial charge is 0.173 e. The molecular weight excluding hydrogens is 316 g/mol. The van der Waals surface area contributed by atoms with Crippen LogP contribution in [-0.4, -0.2) is 46.1 Å². The molecule has 0 bridgehead atoms. The number of benzene rings is 1. The van der Waals surface area contributed by atoms with Crippen molar-refractivity contribution < 1.29 is 0 Å².